The van der Waals surface area contributed by atoms with Crippen molar-refractivity contribution in [1.82, 2.24) is 0 Å². The zero-order valence-electron chi connectivity index (χ0n) is 15.3. The van der Waals surface area contributed by atoms with E-state index in [1.807, 2.05) is 17.0 Å². The summed E-state index contributed by atoms with van der Waals surface area (Å²) >= 11 is 5.93. The van der Waals surface area contributed by atoms with Crippen molar-refractivity contribution in [2.45, 2.75) is 19.5 Å². The number of carbonyl (C=O) groups is 1. The van der Waals surface area contributed by atoms with Crippen LogP contribution in [0.15, 0.2) is 30.3 Å². The van der Waals surface area contributed by atoms with Gasteiger partial charge in [0.2, 0.25) is 5.91 Å². The van der Waals surface area contributed by atoms with Crippen LogP contribution in [0.5, 0.6) is 0 Å². The molecule has 1 heterocycles. The second-order valence-electron chi connectivity index (χ2n) is 6.69. The normalized spacial score (nSPS) is 15.0. The SMILES string of the molecule is Cc1c(Cc2ccc(Cl)cc2)c(N2CCOCC2)cc(C(F)(F)F)c1C(N)=O. The Morgan fingerprint density at radius 3 is 2.36 bits per heavy atom. The van der Waals surface area contributed by atoms with Crippen LogP contribution in [-0.4, -0.2) is 32.2 Å². The number of primary amides is 1. The van der Waals surface area contributed by atoms with Crippen LogP contribution in [0.3, 0.4) is 0 Å². The Morgan fingerprint density at radius 1 is 1.21 bits per heavy atom. The van der Waals surface area contributed by atoms with Gasteiger partial charge in [-0.3, -0.25) is 4.79 Å². The number of morpholine rings is 1. The van der Waals surface area contributed by atoms with E-state index >= 15 is 0 Å². The molecule has 8 heteroatoms. The van der Waals surface area contributed by atoms with Gasteiger partial charge in [0.05, 0.1) is 24.3 Å². The van der Waals surface area contributed by atoms with Crippen molar-refractivity contribution in [2.75, 3.05) is 31.2 Å². The molecular weight excluding hydrogens is 393 g/mol. The Kier molecular flexibility index (Phi) is 5.86. The largest absolute Gasteiger partial charge is 0.417 e. The molecule has 1 saturated heterocycles. The molecule has 0 aliphatic carbocycles. The molecule has 2 aromatic carbocycles. The van der Waals surface area contributed by atoms with E-state index in [-0.39, 0.29) is 5.56 Å². The lowest BCUT2D eigenvalue weighted by molar-refractivity contribution is -0.137. The van der Waals surface area contributed by atoms with Gasteiger partial charge in [-0.25, -0.2) is 0 Å². The maximum atomic E-state index is 13.7. The molecule has 3 rings (SSSR count). The highest BCUT2D eigenvalue weighted by atomic mass is 35.5. The maximum Gasteiger partial charge on any atom is 0.417 e. The van der Waals surface area contributed by atoms with Crippen molar-refractivity contribution in [1.29, 1.82) is 0 Å². The fourth-order valence-corrected chi connectivity index (χ4v) is 3.62. The van der Waals surface area contributed by atoms with Crippen LogP contribution in [0.4, 0.5) is 18.9 Å². The molecule has 0 saturated carbocycles. The minimum absolute atomic E-state index is 0.249. The number of benzene rings is 2. The molecule has 0 bridgehead atoms. The number of amides is 1. The van der Waals surface area contributed by atoms with Crippen LogP contribution >= 0.6 is 11.6 Å². The van der Waals surface area contributed by atoms with E-state index in [1.165, 1.54) is 6.92 Å². The first-order valence-electron chi connectivity index (χ1n) is 8.79. The highest BCUT2D eigenvalue weighted by Crippen LogP contribution is 2.39. The summed E-state index contributed by atoms with van der Waals surface area (Å²) in [6.45, 7) is 3.32. The number of rotatable bonds is 4. The fourth-order valence-electron chi connectivity index (χ4n) is 3.50. The van der Waals surface area contributed by atoms with E-state index in [0.29, 0.717) is 49.0 Å². The number of halogens is 4. The first kappa shape index (κ1) is 20.5. The Labute approximate surface area is 166 Å². The second-order valence-corrected chi connectivity index (χ2v) is 7.12. The quantitative estimate of drug-likeness (QED) is 0.819. The standard InChI is InChI=1S/C20H20ClF3N2O2/c1-12-15(10-13-2-4-14(21)5-3-13)17(26-6-8-28-9-7-26)11-16(20(22,23)24)18(12)19(25)27/h2-5,11H,6-10H2,1H3,(H2,25,27). The molecule has 0 radical (unpaired) electrons. The number of nitrogens with two attached hydrogens (primary N) is 1. The third-order valence-corrected chi connectivity index (χ3v) is 5.14. The summed E-state index contributed by atoms with van der Waals surface area (Å²) in [4.78, 5) is 13.8. The van der Waals surface area contributed by atoms with E-state index < -0.39 is 23.2 Å². The number of anilines is 1. The van der Waals surface area contributed by atoms with Crippen LogP contribution in [0.25, 0.3) is 0 Å². The van der Waals surface area contributed by atoms with Gasteiger partial charge in [0.15, 0.2) is 0 Å². The minimum Gasteiger partial charge on any atom is -0.378 e. The van der Waals surface area contributed by atoms with Gasteiger partial charge in [-0.05, 0) is 48.2 Å². The van der Waals surface area contributed by atoms with Gasteiger partial charge in [0.25, 0.3) is 0 Å². The molecular formula is C20H20ClF3N2O2. The highest BCUT2D eigenvalue weighted by Gasteiger charge is 2.38. The molecule has 150 valence electrons. The Bertz CT molecular complexity index is 877. The highest BCUT2D eigenvalue weighted by molar-refractivity contribution is 6.30. The Balaban J connectivity index is 2.20. The van der Waals surface area contributed by atoms with E-state index in [0.717, 1.165) is 11.6 Å². The third-order valence-electron chi connectivity index (χ3n) is 4.88. The number of alkyl halides is 3. The summed E-state index contributed by atoms with van der Waals surface area (Å²) in [7, 11) is 0. The average molecular weight is 413 g/mol. The number of ether oxygens (including phenoxy) is 1. The zero-order valence-corrected chi connectivity index (χ0v) is 16.0. The lowest BCUT2D eigenvalue weighted by atomic mass is 9.90. The summed E-state index contributed by atoms with van der Waals surface area (Å²) in [5.41, 5.74) is 6.07. The summed E-state index contributed by atoms with van der Waals surface area (Å²) in [5, 5.41) is 0.569. The number of hydrogen-bond acceptors (Lipinski definition) is 3. The van der Waals surface area contributed by atoms with Gasteiger partial charge < -0.3 is 15.4 Å². The molecule has 2 aromatic rings. The molecule has 0 atom stereocenters. The molecule has 28 heavy (non-hydrogen) atoms. The Morgan fingerprint density at radius 2 is 1.82 bits per heavy atom. The topological polar surface area (TPSA) is 55.6 Å². The molecule has 4 nitrogen and oxygen atoms in total. The van der Waals surface area contributed by atoms with E-state index in [4.69, 9.17) is 22.1 Å². The van der Waals surface area contributed by atoms with Gasteiger partial charge in [0, 0.05) is 23.8 Å². The average Bonchev–Trinajstić information content (AvgIpc) is 2.64. The number of nitrogens with zero attached hydrogens (tertiary/aromatic N) is 1. The summed E-state index contributed by atoms with van der Waals surface area (Å²) in [6, 6.07) is 8.11. The Hall–Kier alpha value is -2.25. The lowest BCUT2D eigenvalue weighted by Gasteiger charge is -2.33. The number of hydrogen-bond donors (Lipinski definition) is 1. The fraction of sp³-hybridized carbons (Fsp3) is 0.350. The third kappa shape index (κ3) is 4.25. The van der Waals surface area contributed by atoms with Crippen LogP contribution in [0.2, 0.25) is 5.02 Å². The predicted octanol–water partition coefficient (Wildman–Crippen LogP) is 4.19. The van der Waals surface area contributed by atoms with E-state index in [1.54, 1.807) is 12.1 Å². The summed E-state index contributed by atoms with van der Waals surface area (Å²) in [6.07, 6.45) is -4.33. The van der Waals surface area contributed by atoms with Gasteiger partial charge in [-0.1, -0.05) is 23.7 Å². The van der Waals surface area contributed by atoms with Gasteiger partial charge >= 0.3 is 6.18 Å². The van der Waals surface area contributed by atoms with Crippen molar-refractivity contribution in [3.05, 3.63) is 63.2 Å². The molecule has 1 aliphatic heterocycles. The molecule has 1 fully saturated rings. The zero-order chi connectivity index (χ0) is 20.5. The van der Waals surface area contributed by atoms with Crippen molar-refractivity contribution in [3.8, 4) is 0 Å². The van der Waals surface area contributed by atoms with E-state index in [9.17, 15) is 18.0 Å². The molecule has 0 spiro atoms. The van der Waals surface area contributed by atoms with E-state index in [2.05, 4.69) is 0 Å². The van der Waals surface area contributed by atoms with Gasteiger partial charge in [0.1, 0.15) is 0 Å². The molecule has 0 unspecified atom stereocenters. The van der Waals surface area contributed by atoms with Crippen molar-refractivity contribution < 1.29 is 22.7 Å². The van der Waals surface area contributed by atoms with Crippen LogP contribution in [0.1, 0.15) is 32.6 Å². The number of carbonyl (C=O) groups excluding carboxylic acids is 1. The molecule has 0 aromatic heterocycles. The predicted molar refractivity (Wildman–Crippen MR) is 102 cm³/mol. The maximum absolute atomic E-state index is 13.7. The van der Waals surface area contributed by atoms with Gasteiger partial charge in [-0.15, -0.1) is 0 Å². The molecule has 2 N–H and O–H groups in total. The van der Waals surface area contributed by atoms with Gasteiger partial charge in [-0.2, -0.15) is 13.2 Å². The van der Waals surface area contributed by atoms with Crippen molar-refractivity contribution >= 4 is 23.2 Å². The minimum atomic E-state index is -4.69. The monoisotopic (exact) mass is 412 g/mol. The summed E-state index contributed by atoms with van der Waals surface area (Å²) < 4.78 is 46.3. The smallest absolute Gasteiger partial charge is 0.378 e. The lowest BCUT2D eigenvalue weighted by Crippen LogP contribution is -2.37. The van der Waals surface area contributed by atoms with Crippen LogP contribution in [0, 0.1) is 6.92 Å². The first-order valence-corrected chi connectivity index (χ1v) is 9.17. The molecule has 1 aliphatic rings. The van der Waals surface area contributed by atoms with Crippen molar-refractivity contribution in [2.24, 2.45) is 5.73 Å². The second kappa shape index (κ2) is 8.01. The molecule has 1 amide bonds. The summed E-state index contributed by atoms with van der Waals surface area (Å²) in [5.74, 6) is -1.09. The van der Waals surface area contributed by atoms with Crippen LogP contribution < -0.4 is 10.6 Å². The van der Waals surface area contributed by atoms with Crippen molar-refractivity contribution in [3.63, 3.8) is 0 Å². The first-order chi connectivity index (χ1) is 13.2. The van der Waals surface area contributed by atoms with Crippen LogP contribution in [-0.2, 0) is 17.3 Å².